The Kier molecular flexibility index (Phi) is 1.41. The minimum atomic E-state index is -0.411. The molecular weight excluding hydrogens is 130 g/mol. The van der Waals surface area contributed by atoms with Crippen LogP contribution in [0.15, 0.2) is 18.3 Å². The number of rotatable bonds is 1. The molecule has 3 nitrogen and oxygen atoms in total. The van der Waals surface area contributed by atoms with E-state index < -0.39 is 5.97 Å². The largest absolute Gasteiger partial charge is 0.464 e. The number of methoxy groups -OCH3 is 1. The maximum absolute atomic E-state index is 10.9. The van der Waals surface area contributed by atoms with Crippen molar-refractivity contribution >= 4 is 5.97 Å². The fraction of sp³-hybridized carbons (Fsp3) is 0.286. The van der Waals surface area contributed by atoms with Crippen LogP contribution in [0, 0.1) is 0 Å². The van der Waals surface area contributed by atoms with Gasteiger partial charge in [0.05, 0.1) is 8.48 Å². The highest BCUT2D eigenvalue weighted by atomic mass is 16.5. The second-order valence-corrected chi connectivity index (χ2v) is 1.93. The SMILES string of the molecule is [2H]c1cc(C(=O)OC)n(C)c1. The standard InChI is InChI=1S/C7H9NO2/c1-8-5-3-4-6(8)7(9)10-2/h3-5H,1-2H3/i3D. The number of carbonyl (C=O) groups excluding carboxylic acids is 1. The topological polar surface area (TPSA) is 31.2 Å². The highest BCUT2D eigenvalue weighted by molar-refractivity contribution is 5.87. The van der Waals surface area contributed by atoms with Crippen LogP contribution in [0.3, 0.4) is 0 Å². The summed E-state index contributed by atoms with van der Waals surface area (Å²) >= 11 is 0. The van der Waals surface area contributed by atoms with Gasteiger partial charge in [0, 0.05) is 13.2 Å². The number of ether oxygens (including phenoxy) is 1. The van der Waals surface area contributed by atoms with Crippen LogP contribution in [0.1, 0.15) is 11.9 Å². The highest BCUT2D eigenvalue weighted by Gasteiger charge is 2.06. The zero-order valence-electron chi connectivity index (χ0n) is 6.92. The monoisotopic (exact) mass is 140 g/mol. The quantitative estimate of drug-likeness (QED) is 0.540. The first-order valence-electron chi connectivity index (χ1n) is 3.36. The molecule has 0 spiro atoms. The van der Waals surface area contributed by atoms with E-state index in [1.807, 2.05) is 0 Å². The second kappa shape index (κ2) is 2.56. The van der Waals surface area contributed by atoms with Gasteiger partial charge in [0.1, 0.15) is 5.69 Å². The van der Waals surface area contributed by atoms with Crippen molar-refractivity contribution in [2.24, 2.45) is 7.05 Å². The van der Waals surface area contributed by atoms with Crippen LogP contribution in [0.25, 0.3) is 0 Å². The smallest absolute Gasteiger partial charge is 0.354 e. The van der Waals surface area contributed by atoms with Crippen LogP contribution < -0.4 is 0 Å². The summed E-state index contributed by atoms with van der Waals surface area (Å²) in [6, 6.07) is 1.78. The molecule has 1 aromatic heterocycles. The lowest BCUT2D eigenvalue weighted by Crippen LogP contribution is -2.06. The van der Waals surface area contributed by atoms with Crippen LogP contribution in [-0.4, -0.2) is 17.6 Å². The molecule has 0 N–H and O–H groups in total. The van der Waals surface area contributed by atoms with E-state index in [0.717, 1.165) is 0 Å². The molecular formula is C7H9NO2. The number of aryl methyl sites for hydroxylation is 1. The van der Waals surface area contributed by atoms with Crippen LogP contribution in [0.2, 0.25) is 0 Å². The average molecular weight is 140 g/mol. The summed E-state index contributed by atoms with van der Waals surface area (Å²) in [4.78, 5) is 10.9. The molecule has 1 aromatic rings. The molecule has 0 saturated carbocycles. The molecule has 54 valence electrons. The minimum absolute atomic E-state index is 0.313. The number of carbonyl (C=O) groups is 1. The Morgan fingerprint density at radius 1 is 1.90 bits per heavy atom. The molecule has 3 heteroatoms. The van der Waals surface area contributed by atoms with Crippen LogP contribution in [-0.2, 0) is 11.8 Å². The van der Waals surface area contributed by atoms with Gasteiger partial charge in [-0.2, -0.15) is 0 Å². The first kappa shape index (κ1) is 5.53. The van der Waals surface area contributed by atoms with E-state index in [4.69, 9.17) is 1.37 Å². The van der Waals surface area contributed by atoms with Gasteiger partial charge >= 0.3 is 5.97 Å². The summed E-state index contributed by atoms with van der Waals surface area (Å²) in [7, 11) is 3.02. The van der Waals surface area contributed by atoms with Crippen molar-refractivity contribution in [1.82, 2.24) is 4.57 Å². The van der Waals surface area contributed by atoms with Crippen molar-refractivity contribution in [2.45, 2.75) is 0 Å². The van der Waals surface area contributed by atoms with Gasteiger partial charge in [-0.15, -0.1) is 0 Å². The molecule has 0 aliphatic rings. The molecule has 0 aliphatic heterocycles. The third-order valence-corrected chi connectivity index (χ3v) is 1.26. The Morgan fingerprint density at radius 2 is 2.60 bits per heavy atom. The van der Waals surface area contributed by atoms with Gasteiger partial charge in [-0.05, 0) is 12.1 Å². The minimum Gasteiger partial charge on any atom is -0.464 e. The molecule has 0 aromatic carbocycles. The Hall–Kier alpha value is -1.25. The molecule has 1 heterocycles. The predicted molar refractivity (Wildman–Crippen MR) is 36.8 cm³/mol. The van der Waals surface area contributed by atoms with Crippen LogP contribution in [0.5, 0.6) is 0 Å². The zero-order valence-corrected chi connectivity index (χ0v) is 5.92. The van der Waals surface area contributed by atoms with Gasteiger partial charge in [0.2, 0.25) is 0 Å². The van der Waals surface area contributed by atoms with E-state index in [2.05, 4.69) is 4.74 Å². The van der Waals surface area contributed by atoms with Gasteiger partial charge in [-0.3, -0.25) is 0 Å². The summed E-state index contributed by atoms with van der Waals surface area (Å²) in [5.41, 5.74) is 0.400. The van der Waals surface area contributed by atoms with Gasteiger partial charge in [0.25, 0.3) is 0 Å². The summed E-state index contributed by atoms with van der Waals surface area (Å²) in [6.45, 7) is 0. The molecule has 0 bridgehead atoms. The fourth-order valence-electron chi connectivity index (χ4n) is 0.707. The molecule has 0 radical (unpaired) electrons. The van der Waals surface area contributed by atoms with Crippen molar-refractivity contribution in [2.75, 3.05) is 7.11 Å². The van der Waals surface area contributed by atoms with Crippen LogP contribution >= 0.6 is 0 Å². The summed E-state index contributed by atoms with van der Waals surface area (Å²) in [6.07, 6.45) is 1.55. The summed E-state index contributed by atoms with van der Waals surface area (Å²) < 4.78 is 13.2. The van der Waals surface area contributed by atoms with E-state index in [-0.39, 0.29) is 0 Å². The van der Waals surface area contributed by atoms with Crippen LogP contribution in [0.4, 0.5) is 0 Å². The van der Waals surface area contributed by atoms with Crippen molar-refractivity contribution in [3.8, 4) is 0 Å². The average Bonchev–Trinajstić information content (AvgIpc) is 2.28. The Labute approximate surface area is 60.6 Å². The predicted octanol–water partition coefficient (Wildman–Crippen LogP) is 0.812. The highest BCUT2D eigenvalue weighted by Crippen LogP contribution is 2.00. The zero-order chi connectivity index (χ0) is 8.43. The first-order chi connectivity index (χ1) is 5.15. The molecule has 1 rings (SSSR count). The molecule has 0 unspecified atom stereocenters. The van der Waals surface area contributed by atoms with Crippen molar-refractivity contribution in [3.05, 3.63) is 24.0 Å². The Balaban J connectivity index is 3.03. The number of hydrogen-bond donors (Lipinski definition) is 0. The van der Waals surface area contributed by atoms with E-state index in [1.165, 1.54) is 13.2 Å². The molecule has 0 saturated heterocycles. The maximum atomic E-state index is 10.9. The third-order valence-electron chi connectivity index (χ3n) is 1.26. The molecule has 10 heavy (non-hydrogen) atoms. The van der Waals surface area contributed by atoms with E-state index in [9.17, 15) is 4.79 Å². The normalized spacial score (nSPS) is 10.8. The van der Waals surface area contributed by atoms with E-state index in [1.54, 1.807) is 17.8 Å². The summed E-state index contributed by atoms with van der Waals surface area (Å²) in [5, 5.41) is 0. The van der Waals surface area contributed by atoms with Crippen molar-refractivity contribution in [1.29, 1.82) is 0 Å². The van der Waals surface area contributed by atoms with Gasteiger partial charge in [-0.1, -0.05) is 0 Å². The lowest BCUT2D eigenvalue weighted by atomic mass is 10.4. The number of aromatic nitrogens is 1. The second-order valence-electron chi connectivity index (χ2n) is 1.93. The van der Waals surface area contributed by atoms with Gasteiger partial charge in [-0.25, -0.2) is 4.79 Å². The van der Waals surface area contributed by atoms with Crippen molar-refractivity contribution in [3.63, 3.8) is 0 Å². The lowest BCUT2D eigenvalue weighted by Gasteiger charge is -1.98. The molecule has 0 atom stereocenters. The van der Waals surface area contributed by atoms with Gasteiger partial charge < -0.3 is 9.30 Å². The van der Waals surface area contributed by atoms with Gasteiger partial charge in [0.15, 0.2) is 0 Å². The fourth-order valence-corrected chi connectivity index (χ4v) is 0.707. The van der Waals surface area contributed by atoms with Crippen molar-refractivity contribution < 1.29 is 10.9 Å². The van der Waals surface area contributed by atoms with E-state index in [0.29, 0.717) is 11.7 Å². The molecule has 0 aliphatic carbocycles. The Bertz CT molecular complexity index is 280. The molecule has 0 fully saturated rings. The number of hydrogen-bond acceptors (Lipinski definition) is 2. The number of nitrogens with zero attached hydrogens (tertiary/aromatic N) is 1. The Morgan fingerprint density at radius 3 is 3.00 bits per heavy atom. The number of esters is 1. The first-order valence-corrected chi connectivity index (χ1v) is 2.86. The van der Waals surface area contributed by atoms with E-state index >= 15 is 0 Å². The maximum Gasteiger partial charge on any atom is 0.354 e. The third kappa shape index (κ3) is 1.03. The summed E-state index contributed by atoms with van der Waals surface area (Å²) in [5.74, 6) is -0.411. The molecule has 0 amide bonds. The lowest BCUT2D eigenvalue weighted by molar-refractivity contribution is 0.0590.